The van der Waals surface area contributed by atoms with Crippen LogP contribution in [0.5, 0.6) is 5.75 Å². The second-order valence-corrected chi connectivity index (χ2v) is 7.90. The molecule has 1 atom stereocenters. The third-order valence-electron chi connectivity index (χ3n) is 5.66. The second kappa shape index (κ2) is 9.36. The molecule has 0 spiro atoms. The predicted molar refractivity (Wildman–Crippen MR) is 125 cm³/mol. The van der Waals surface area contributed by atoms with Gasteiger partial charge in [0.15, 0.2) is 1.41 Å². The number of carbonyl (C=O) groups excluding carboxylic acids is 1. The van der Waals surface area contributed by atoms with Crippen molar-refractivity contribution in [3.63, 3.8) is 0 Å². The minimum Gasteiger partial charge on any atom is -0.496 e. The summed E-state index contributed by atoms with van der Waals surface area (Å²) >= 11 is 0. The molecule has 2 heterocycles. The number of carbonyl (C=O) groups is 1. The number of pyridine rings is 1. The molecule has 2 aromatic carbocycles. The number of alkyl halides is 3. The van der Waals surface area contributed by atoms with E-state index < -0.39 is 29.6 Å². The van der Waals surface area contributed by atoms with E-state index in [1.165, 1.54) is 49.7 Å². The molecule has 0 radical (unpaired) electrons. The van der Waals surface area contributed by atoms with Crippen LogP contribution in [0.3, 0.4) is 0 Å². The second-order valence-electron chi connectivity index (χ2n) is 7.90. The molecule has 36 heavy (non-hydrogen) atoms. The Hall–Kier alpha value is -4.35. The van der Waals surface area contributed by atoms with E-state index in [2.05, 4.69) is 4.98 Å². The SMILES string of the molecule is [2H]N(Cc1ccc(-n2c(=O)n(C(C)C(F)(F)F)c3ccnc(N)c32)cc1)C(=O)c1cc(F)ccc1OC. The normalized spacial score (nSPS) is 12.9. The molecule has 0 saturated heterocycles. The van der Waals surface area contributed by atoms with E-state index in [4.69, 9.17) is 11.9 Å². The average molecular weight is 504 g/mol. The van der Waals surface area contributed by atoms with Crippen molar-refractivity contribution in [2.24, 2.45) is 0 Å². The van der Waals surface area contributed by atoms with Gasteiger partial charge in [-0.05, 0) is 48.9 Å². The predicted octanol–water partition coefficient (Wildman–Crippen LogP) is 3.97. The largest absolute Gasteiger partial charge is 0.496 e. The lowest BCUT2D eigenvalue weighted by atomic mass is 10.1. The molecule has 12 heteroatoms. The fourth-order valence-electron chi connectivity index (χ4n) is 3.80. The van der Waals surface area contributed by atoms with Gasteiger partial charge in [0, 0.05) is 12.7 Å². The van der Waals surface area contributed by atoms with Gasteiger partial charge in [-0.2, -0.15) is 13.2 Å². The lowest BCUT2D eigenvalue weighted by Crippen LogP contribution is -2.33. The Kier molecular flexibility index (Phi) is 6.08. The summed E-state index contributed by atoms with van der Waals surface area (Å²) in [6, 6.07) is 8.44. The van der Waals surface area contributed by atoms with Crippen LogP contribution in [0.2, 0.25) is 1.41 Å². The molecule has 3 N–H and O–H groups in total. The molecule has 188 valence electrons. The molecule has 0 saturated carbocycles. The summed E-state index contributed by atoms with van der Waals surface area (Å²) in [5, 5.41) is 0.608. The van der Waals surface area contributed by atoms with Crippen molar-refractivity contribution in [1.29, 1.82) is 0 Å². The Morgan fingerprint density at radius 2 is 1.92 bits per heavy atom. The number of anilines is 1. The number of rotatable bonds is 6. The van der Waals surface area contributed by atoms with E-state index in [9.17, 15) is 27.2 Å². The van der Waals surface area contributed by atoms with Crippen LogP contribution in [-0.2, 0) is 6.54 Å². The number of nitrogens with zero attached hydrogens (tertiary/aromatic N) is 3. The van der Waals surface area contributed by atoms with Crippen LogP contribution in [0.4, 0.5) is 23.4 Å². The minimum atomic E-state index is -4.68. The minimum absolute atomic E-state index is 0.0202. The van der Waals surface area contributed by atoms with E-state index in [1.807, 2.05) is 0 Å². The van der Waals surface area contributed by atoms with Crippen molar-refractivity contribution in [1.82, 2.24) is 19.4 Å². The standard InChI is InChI=1S/C24H21F4N5O3/c1-13(24(26,27)28)32-18-9-10-30-21(29)20(18)33(23(32)35)16-6-3-14(4-7-16)12-31-22(34)17-11-15(25)5-8-19(17)36-2/h3-11,13H,12H2,1-2H3,(H2,29,30)(H,31,34)/i/hD. The molecule has 0 aliphatic rings. The number of halogens is 4. The molecule has 4 rings (SSSR count). The van der Waals surface area contributed by atoms with Gasteiger partial charge in [-0.1, -0.05) is 12.1 Å². The maximum Gasteiger partial charge on any atom is 0.409 e. The molecule has 8 nitrogen and oxygen atoms in total. The molecule has 0 aliphatic carbocycles. The fraction of sp³-hybridized carbons (Fsp3) is 0.208. The topological polar surface area (TPSA) is 104 Å². The van der Waals surface area contributed by atoms with Crippen molar-refractivity contribution >= 4 is 22.8 Å². The van der Waals surface area contributed by atoms with Gasteiger partial charge in [0.05, 0.1) is 23.9 Å². The Morgan fingerprint density at radius 3 is 2.56 bits per heavy atom. The van der Waals surface area contributed by atoms with Crippen LogP contribution >= 0.6 is 0 Å². The lowest BCUT2D eigenvalue weighted by Gasteiger charge is -2.17. The van der Waals surface area contributed by atoms with Gasteiger partial charge < -0.3 is 15.8 Å². The highest BCUT2D eigenvalue weighted by Crippen LogP contribution is 2.33. The maximum absolute atomic E-state index is 13.6. The monoisotopic (exact) mass is 504 g/mol. The van der Waals surface area contributed by atoms with Crippen LogP contribution in [0.15, 0.2) is 59.5 Å². The average Bonchev–Trinajstić information content (AvgIpc) is 3.15. The molecule has 0 aliphatic heterocycles. The Morgan fingerprint density at radius 1 is 1.22 bits per heavy atom. The smallest absolute Gasteiger partial charge is 0.409 e. The van der Waals surface area contributed by atoms with Crippen LogP contribution in [0.1, 0.15) is 28.9 Å². The molecular formula is C24H21F4N5O3. The summed E-state index contributed by atoms with van der Waals surface area (Å²) in [6.07, 6.45) is -3.46. The van der Waals surface area contributed by atoms with Gasteiger partial charge in [0.2, 0.25) is 0 Å². The van der Waals surface area contributed by atoms with Gasteiger partial charge in [0.25, 0.3) is 5.91 Å². The number of ether oxygens (including phenoxy) is 1. The molecule has 1 unspecified atom stereocenters. The zero-order valence-corrected chi connectivity index (χ0v) is 19.1. The van der Waals surface area contributed by atoms with Crippen LogP contribution in [0.25, 0.3) is 16.7 Å². The van der Waals surface area contributed by atoms with E-state index in [0.717, 1.165) is 23.6 Å². The highest BCUT2D eigenvalue weighted by molar-refractivity contribution is 5.96. The maximum atomic E-state index is 13.6. The third kappa shape index (κ3) is 4.49. The van der Waals surface area contributed by atoms with Gasteiger partial charge in [-0.25, -0.2) is 14.2 Å². The quantitative estimate of drug-likeness (QED) is 0.387. The van der Waals surface area contributed by atoms with E-state index >= 15 is 0 Å². The molecule has 0 bridgehead atoms. The van der Waals surface area contributed by atoms with Crippen molar-refractivity contribution in [3.8, 4) is 11.4 Å². The molecule has 2 aromatic heterocycles. The Balaban J connectivity index is 1.68. The first-order valence-electron chi connectivity index (χ1n) is 11.1. The molecule has 1 amide bonds. The first kappa shape index (κ1) is 23.4. The van der Waals surface area contributed by atoms with Crippen molar-refractivity contribution in [2.75, 3.05) is 12.8 Å². The van der Waals surface area contributed by atoms with Gasteiger partial charge in [0.1, 0.15) is 28.9 Å². The zero-order chi connectivity index (χ0) is 27.1. The van der Waals surface area contributed by atoms with Gasteiger partial charge in [-0.15, -0.1) is 0 Å². The van der Waals surface area contributed by atoms with Gasteiger partial charge in [-0.3, -0.25) is 13.9 Å². The molecule has 4 aromatic rings. The summed E-state index contributed by atoms with van der Waals surface area (Å²) < 4.78 is 68.9. The number of aromatic nitrogens is 3. The van der Waals surface area contributed by atoms with Gasteiger partial charge >= 0.3 is 11.9 Å². The summed E-state index contributed by atoms with van der Waals surface area (Å²) in [4.78, 5) is 29.7. The van der Waals surface area contributed by atoms with Crippen molar-refractivity contribution in [3.05, 3.63) is 82.2 Å². The number of imidazole rings is 1. The summed E-state index contributed by atoms with van der Waals surface area (Å²) in [6.45, 7) is 0.669. The number of nitrogens with two attached hydrogens (primary N) is 1. The number of hydrogen-bond donors (Lipinski definition) is 2. The van der Waals surface area contributed by atoms with E-state index in [0.29, 0.717) is 15.4 Å². The number of fused-ring (bicyclic) bond motifs is 1. The first-order valence-corrected chi connectivity index (χ1v) is 10.6. The number of hydrogen-bond acceptors (Lipinski definition) is 5. The van der Waals surface area contributed by atoms with Crippen LogP contribution < -0.4 is 21.5 Å². The number of benzene rings is 2. The third-order valence-corrected chi connectivity index (χ3v) is 5.66. The number of methoxy groups -OCH3 is 1. The number of nitrogen functional groups attached to an aromatic ring is 1. The summed E-state index contributed by atoms with van der Waals surface area (Å²) in [5.74, 6) is -1.49. The lowest BCUT2D eigenvalue weighted by molar-refractivity contribution is -0.162. The number of nitrogens with one attached hydrogen (secondary N) is 1. The fourth-order valence-corrected chi connectivity index (χ4v) is 3.80. The van der Waals surface area contributed by atoms with E-state index in [1.54, 1.807) is 0 Å². The van der Waals surface area contributed by atoms with Crippen molar-refractivity contribution in [2.45, 2.75) is 25.7 Å². The zero-order valence-electron chi connectivity index (χ0n) is 20.1. The molecule has 0 fully saturated rings. The highest BCUT2D eigenvalue weighted by atomic mass is 19.4. The number of amides is 1. The highest BCUT2D eigenvalue weighted by Gasteiger charge is 2.40. The van der Waals surface area contributed by atoms with E-state index in [-0.39, 0.29) is 40.4 Å². The van der Waals surface area contributed by atoms with Crippen LogP contribution in [0, 0.1) is 5.82 Å². The summed E-state index contributed by atoms with van der Waals surface area (Å²) in [7, 11) is 1.31. The Labute approximate surface area is 203 Å². The first-order chi connectivity index (χ1) is 17.4. The summed E-state index contributed by atoms with van der Waals surface area (Å²) in [5.41, 5.74) is 5.52. The van der Waals surface area contributed by atoms with Crippen LogP contribution in [-0.4, -0.2) is 33.3 Å². The Bertz CT molecular complexity index is 1530. The van der Waals surface area contributed by atoms with Crippen molar-refractivity contribution < 1.29 is 28.5 Å². The molecular weight excluding hydrogens is 482 g/mol.